The molecular weight excluding hydrogens is 210 g/mol. The fraction of sp³-hybridized carbons (Fsp3) is 0.200. The van der Waals surface area contributed by atoms with Crippen molar-refractivity contribution in [3.63, 3.8) is 0 Å². The van der Waals surface area contributed by atoms with Gasteiger partial charge in [-0.25, -0.2) is 0 Å². The van der Waals surface area contributed by atoms with Gasteiger partial charge < -0.3 is 0 Å². The quantitative estimate of drug-likeness (QED) is 0.783. The number of rotatable bonds is 2. The minimum Gasteiger partial charge on any atom is -0.294 e. The molecule has 1 aliphatic carbocycles. The van der Waals surface area contributed by atoms with Crippen molar-refractivity contribution in [2.45, 2.75) is 12.8 Å². The first-order valence-corrected chi connectivity index (χ1v) is 5.85. The molecule has 1 aliphatic rings. The third-order valence-electron chi connectivity index (χ3n) is 3.32. The maximum atomic E-state index is 12.2. The number of nitrogens with zero attached hydrogens (tertiary/aromatic N) is 1. The van der Waals surface area contributed by atoms with E-state index in [-0.39, 0.29) is 11.7 Å². The van der Waals surface area contributed by atoms with Crippen LogP contribution in [0.3, 0.4) is 0 Å². The predicted octanol–water partition coefficient (Wildman–Crippen LogP) is 2.68. The van der Waals surface area contributed by atoms with Crippen LogP contribution in [-0.2, 0) is 12.8 Å². The second-order valence-corrected chi connectivity index (χ2v) is 4.49. The second kappa shape index (κ2) is 4.13. The van der Waals surface area contributed by atoms with E-state index >= 15 is 0 Å². The van der Waals surface area contributed by atoms with Crippen molar-refractivity contribution in [1.29, 1.82) is 0 Å². The van der Waals surface area contributed by atoms with Gasteiger partial charge in [0, 0.05) is 23.9 Å². The average Bonchev–Trinajstić information content (AvgIpc) is 2.68. The molecule has 1 heterocycles. The normalized spacial score (nSPS) is 18.1. The Hall–Kier alpha value is -1.96. The Morgan fingerprint density at radius 3 is 2.82 bits per heavy atom. The molecule has 1 aromatic heterocycles. The monoisotopic (exact) mass is 223 g/mol. The zero-order valence-corrected chi connectivity index (χ0v) is 9.47. The molecule has 0 fully saturated rings. The van der Waals surface area contributed by atoms with Crippen LogP contribution in [0.25, 0.3) is 0 Å². The smallest absolute Gasteiger partial charge is 0.166 e. The number of carbonyl (C=O) groups excluding carboxylic acids is 1. The van der Waals surface area contributed by atoms with Crippen LogP contribution in [0.4, 0.5) is 0 Å². The molecule has 0 saturated heterocycles. The standard InChI is InChI=1S/C15H13NO/c17-15-13(8-11-4-3-7-16-10-11)9-12-5-1-2-6-14(12)15/h1-7,10,13H,8-9H2. The van der Waals surface area contributed by atoms with E-state index in [0.717, 1.165) is 24.0 Å². The molecule has 2 aromatic rings. The average molecular weight is 223 g/mol. The summed E-state index contributed by atoms with van der Waals surface area (Å²) in [6, 6.07) is 11.9. The summed E-state index contributed by atoms with van der Waals surface area (Å²) in [6.07, 6.45) is 5.26. The molecule has 2 heteroatoms. The van der Waals surface area contributed by atoms with Crippen LogP contribution < -0.4 is 0 Å². The fourth-order valence-electron chi connectivity index (χ4n) is 2.49. The Labute approximate surface area is 100 Å². The number of ketones is 1. The van der Waals surface area contributed by atoms with Gasteiger partial charge in [-0.3, -0.25) is 9.78 Å². The van der Waals surface area contributed by atoms with Gasteiger partial charge in [-0.05, 0) is 30.0 Å². The Kier molecular flexibility index (Phi) is 2.48. The first-order valence-electron chi connectivity index (χ1n) is 5.85. The third-order valence-corrected chi connectivity index (χ3v) is 3.32. The highest BCUT2D eigenvalue weighted by molar-refractivity contribution is 6.02. The summed E-state index contributed by atoms with van der Waals surface area (Å²) >= 11 is 0. The highest BCUT2D eigenvalue weighted by Crippen LogP contribution is 2.28. The van der Waals surface area contributed by atoms with Gasteiger partial charge >= 0.3 is 0 Å². The molecule has 2 nitrogen and oxygen atoms in total. The predicted molar refractivity (Wildman–Crippen MR) is 65.9 cm³/mol. The molecule has 0 bridgehead atoms. The minimum atomic E-state index is 0.0941. The van der Waals surface area contributed by atoms with Crippen LogP contribution in [-0.4, -0.2) is 10.8 Å². The van der Waals surface area contributed by atoms with E-state index in [2.05, 4.69) is 11.1 Å². The topological polar surface area (TPSA) is 30.0 Å². The van der Waals surface area contributed by atoms with Gasteiger partial charge in [0.1, 0.15) is 0 Å². The van der Waals surface area contributed by atoms with E-state index in [9.17, 15) is 4.79 Å². The van der Waals surface area contributed by atoms with Gasteiger partial charge in [-0.1, -0.05) is 30.3 Å². The first kappa shape index (κ1) is 10.2. The van der Waals surface area contributed by atoms with Crippen molar-refractivity contribution in [3.8, 4) is 0 Å². The Balaban J connectivity index is 1.83. The molecule has 0 saturated carbocycles. The van der Waals surface area contributed by atoms with Crippen LogP contribution in [0.15, 0.2) is 48.8 Å². The Morgan fingerprint density at radius 1 is 1.18 bits per heavy atom. The number of Topliss-reactive ketones (excluding diaryl/α,β-unsaturated/α-hetero) is 1. The van der Waals surface area contributed by atoms with Gasteiger partial charge in [0.05, 0.1) is 0 Å². The summed E-state index contributed by atoms with van der Waals surface area (Å²) in [4.78, 5) is 16.3. The second-order valence-electron chi connectivity index (χ2n) is 4.49. The van der Waals surface area contributed by atoms with Crippen molar-refractivity contribution in [2.24, 2.45) is 5.92 Å². The fourth-order valence-corrected chi connectivity index (χ4v) is 2.49. The number of benzene rings is 1. The van der Waals surface area contributed by atoms with Crippen LogP contribution in [0, 0.1) is 5.92 Å². The van der Waals surface area contributed by atoms with Gasteiger partial charge in [0.15, 0.2) is 5.78 Å². The molecule has 1 atom stereocenters. The van der Waals surface area contributed by atoms with Gasteiger partial charge in [-0.2, -0.15) is 0 Å². The SMILES string of the molecule is O=C1c2ccccc2CC1Cc1cccnc1. The van der Waals surface area contributed by atoms with Crippen molar-refractivity contribution in [2.75, 3.05) is 0 Å². The minimum absolute atomic E-state index is 0.0941. The molecule has 0 radical (unpaired) electrons. The molecule has 0 spiro atoms. The number of pyridine rings is 1. The largest absolute Gasteiger partial charge is 0.294 e. The van der Waals surface area contributed by atoms with Gasteiger partial charge in [-0.15, -0.1) is 0 Å². The molecule has 0 amide bonds. The number of hydrogen-bond acceptors (Lipinski definition) is 2. The molecule has 0 N–H and O–H groups in total. The van der Waals surface area contributed by atoms with Crippen LogP contribution in [0.1, 0.15) is 21.5 Å². The summed E-state index contributed by atoms with van der Waals surface area (Å²) < 4.78 is 0. The third kappa shape index (κ3) is 1.86. The molecule has 84 valence electrons. The van der Waals surface area contributed by atoms with Crippen molar-refractivity contribution in [1.82, 2.24) is 4.98 Å². The number of aromatic nitrogens is 1. The maximum absolute atomic E-state index is 12.2. The van der Waals surface area contributed by atoms with Crippen LogP contribution in [0.5, 0.6) is 0 Å². The lowest BCUT2D eigenvalue weighted by molar-refractivity contribution is 0.0936. The maximum Gasteiger partial charge on any atom is 0.166 e. The van der Waals surface area contributed by atoms with Crippen molar-refractivity contribution < 1.29 is 4.79 Å². The van der Waals surface area contributed by atoms with Crippen LogP contribution >= 0.6 is 0 Å². The molecule has 3 rings (SSSR count). The summed E-state index contributed by atoms with van der Waals surface area (Å²) in [5.74, 6) is 0.376. The Bertz CT molecular complexity index is 548. The van der Waals surface area contributed by atoms with E-state index in [0.29, 0.717) is 0 Å². The van der Waals surface area contributed by atoms with E-state index < -0.39 is 0 Å². The first-order chi connectivity index (χ1) is 8.34. The number of fused-ring (bicyclic) bond motifs is 1. The summed E-state index contributed by atoms with van der Waals surface area (Å²) in [7, 11) is 0. The lowest BCUT2D eigenvalue weighted by atomic mass is 9.97. The van der Waals surface area contributed by atoms with Gasteiger partial charge in [0.2, 0.25) is 0 Å². The lowest BCUT2D eigenvalue weighted by Gasteiger charge is -2.06. The summed E-state index contributed by atoms with van der Waals surface area (Å²) in [6.45, 7) is 0. The van der Waals surface area contributed by atoms with E-state index in [1.54, 1.807) is 6.20 Å². The molecule has 1 aromatic carbocycles. The summed E-state index contributed by atoms with van der Waals surface area (Å²) in [5.41, 5.74) is 3.23. The number of carbonyl (C=O) groups is 1. The number of hydrogen-bond donors (Lipinski definition) is 0. The molecular formula is C15H13NO. The van der Waals surface area contributed by atoms with Crippen LogP contribution in [0.2, 0.25) is 0 Å². The van der Waals surface area contributed by atoms with E-state index in [1.807, 2.05) is 36.5 Å². The van der Waals surface area contributed by atoms with Crippen molar-refractivity contribution in [3.05, 3.63) is 65.5 Å². The lowest BCUT2D eigenvalue weighted by Crippen LogP contribution is -2.12. The zero-order chi connectivity index (χ0) is 11.7. The zero-order valence-electron chi connectivity index (χ0n) is 9.47. The molecule has 0 aliphatic heterocycles. The van der Waals surface area contributed by atoms with Crippen molar-refractivity contribution >= 4 is 5.78 Å². The highest BCUT2D eigenvalue weighted by Gasteiger charge is 2.29. The van der Waals surface area contributed by atoms with Gasteiger partial charge in [0.25, 0.3) is 0 Å². The Morgan fingerprint density at radius 2 is 2.06 bits per heavy atom. The molecule has 1 unspecified atom stereocenters. The highest BCUT2D eigenvalue weighted by atomic mass is 16.1. The summed E-state index contributed by atoms with van der Waals surface area (Å²) in [5, 5.41) is 0. The van der Waals surface area contributed by atoms with E-state index in [1.165, 1.54) is 5.56 Å². The van der Waals surface area contributed by atoms with E-state index in [4.69, 9.17) is 0 Å². The molecule has 17 heavy (non-hydrogen) atoms.